The average molecular weight is 381 g/mol. The number of piperidine rings is 1. The zero-order chi connectivity index (χ0) is 18.8. The second-order valence-electron chi connectivity index (χ2n) is 6.75. The number of aromatic nitrogens is 2. The van der Waals surface area contributed by atoms with Gasteiger partial charge < -0.3 is 15.2 Å². The van der Waals surface area contributed by atoms with Crippen LogP contribution in [0.3, 0.4) is 0 Å². The fourth-order valence-corrected chi connectivity index (χ4v) is 3.30. The van der Waals surface area contributed by atoms with Crippen molar-refractivity contribution in [1.82, 2.24) is 15.0 Å². The van der Waals surface area contributed by atoms with Crippen molar-refractivity contribution in [2.45, 2.75) is 44.8 Å². The smallest absolute Gasteiger partial charge is 0.240 e. The summed E-state index contributed by atoms with van der Waals surface area (Å²) in [5.74, 6) is -0.0544. The van der Waals surface area contributed by atoms with Crippen molar-refractivity contribution >= 4 is 17.5 Å². The number of alkyl halides is 1. The van der Waals surface area contributed by atoms with E-state index in [1.807, 2.05) is 25.1 Å². The molecule has 2 N–H and O–H groups in total. The average Bonchev–Trinajstić information content (AvgIpc) is 3.10. The van der Waals surface area contributed by atoms with E-state index in [1.54, 1.807) is 11.8 Å². The number of hydrogen-bond donors (Lipinski definition) is 1. The normalized spacial score (nSPS) is 18.0. The van der Waals surface area contributed by atoms with Crippen LogP contribution in [0.4, 0.5) is 4.39 Å². The molecule has 2 aromatic rings. The number of rotatable bonds is 4. The minimum absolute atomic E-state index is 0.225. The zero-order valence-corrected chi connectivity index (χ0v) is 15.5. The SMILES string of the molecule is Cc1ccc(-c2noc([C@@H](C)[C@H](N)C(=O)N3CCC(F)CC3)n2)c(Cl)c1. The minimum Gasteiger partial charge on any atom is -0.341 e. The van der Waals surface area contributed by atoms with E-state index in [-0.39, 0.29) is 11.8 Å². The Morgan fingerprint density at radius 3 is 2.77 bits per heavy atom. The Morgan fingerprint density at radius 2 is 2.12 bits per heavy atom. The van der Waals surface area contributed by atoms with Crippen molar-refractivity contribution in [3.05, 3.63) is 34.7 Å². The van der Waals surface area contributed by atoms with Gasteiger partial charge in [0.05, 0.1) is 17.0 Å². The van der Waals surface area contributed by atoms with Crippen LogP contribution in [0.1, 0.15) is 37.1 Å². The number of carbonyl (C=O) groups excluding carboxylic acids is 1. The molecule has 0 unspecified atom stereocenters. The Labute approximate surface area is 156 Å². The number of halogens is 2. The molecule has 1 fully saturated rings. The van der Waals surface area contributed by atoms with Crippen LogP contribution in [0.5, 0.6) is 0 Å². The highest BCUT2D eigenvalue weighted by Gasteiger charge is 2.32. The van der Waals surface area contributed by atoms with E-state index in [9.17, 15) is 9.18 Å². The third-order valence-corrected chi connectivity index (χ3v) is 5.07. The van der Waals surface area contributed by atoms with Gasteiger partial charge >= 0.3 is 0 Å². The minimum atomic E-state index is -0.842. The maximum atomic E-state index is 13.3. The van der Waals surface area contributed by atoms with Crippen LogP contribution in [0, 0.1) is 6.92 Å². The number of aryl methyl sites for hydroxylation is 1. The van der Waals surface area contributed by atoms with E-state index >= 15 is 0 Å². The van der Waals surface area contributed by atoms with E-state index in [4.69, 9.17) is 21.9 Å². The highest BCUT2D eigenvalue weighted by molar-refractivity contribution is 6.33. The molecular formula is C18H22ClFN4O2. The van der Waals surface area contributed by atoms with Gasteiger partial charge in [-0.25, -0.2) is 4.39 Å². The molecular weight excluding hydrogens is 359 g/mol. The Hall–Kier alpha value is -1.99. The maximum absolute atomic E-state index is 13.3. The lowest BCUT2D eigenvalue weighted by atomic mass is 10.00. The summed E-state index contributed by atoms with van der Waals surface area (Å²) in [6, 6.07) is 4.72. The largest absolute Gasteiger partial charge is 0.341 e. The molecule has 0 saturated carbocycles. The van der Waals surface area contributed by atoms with Crippen molar-refractivity contribution in [1.29, 1.82) is 0 Å². The molecule has 0 bridgehead atoms. The van der Waals surface area contributed by atoms with E-state index in [0.29, 0.717) is 42.3 Å². The fourth-order valence-electron chi connectivity index (χ4n) is 2.98. The van der Waals surface area contributed by atoms with Gasteiger partial charge in [-0.1, -0.05) is 29.7 Å². The van der Waals surface area contributed by atoms with Gasteiger partial charge in [0.15, 0.2) is 0 Å². The number of nitrogens with zero attached hydrogens (tertiary/aromatic N) is 3. The monoisotopic (exact) mass is 380 g/mol. The molecule has 2 heterocycles. The Morgan fingerprint density at radius 1 is 1.42 bits per heavy atom. The maximum Gasteiger partial charge on any atom is 0.240 e. The molecule has 1 aromatic heterocycles. The first-order valence-electron chi connectivity index (χ1n) is 8.65. The first kappa shape index (κ1) is 18.8. The molecule has 0 aliphatic carbocycles. The van der Waals surface area contributed by atoms with Gasteiger partial charge in [0.2, 0.25) is 17.6 Å². The molecule has 2 atom stereocenters. The third-order valence-electron chi connectivity index (χ3n) is 4.76. The van der Waals surface area contributed by atoms with Crippen LogP contribution in [0.15, 0.2) is 22.7 Å². The van der Waals surface area contributed by atoms with Crippen LogP contribution < -0.4 is 5.73 Å². The first-order valence-corrected chi connectivity index (χ1v) is 9.03. The topological polar surface area (TPSA) is 85.2 Å². The molecule has 1 amide bonds. The van der Waals surface area contributed by atoms with Crippen molar-refractivity contribution < 1.29 is 13.7 Å². The Kier molecular flexibility index (Phi) is 5.58. The van der Waals surface area contributed by atoms with Gasteiger partial charge in [0.25, 0.3) is 0 Å². The molecule has 1 aromatic carbocycles. The van der Waals surface area contributed by atoms with Gasteiger partial charge in [-0.05, 0) is 37.5 Å². The van der Waals surface area contributed by atoms with Gasteiger partial charge in [0.1, 0.15) is 6.17 Å². The quantitative estimate of drug-likeness (QED) is 0.880. The highest BCUT2D eigenvalue weighted by Crippen LogP contribution is 2.28. The van der Waals surface area contributed by atoms with Crippen molar-refractivity contribution in [2.75, 3.05) is 13.1 Å². The van der Waals surface area contributed by atoms with Gasteiger partial charge in [0, 0.05) is 18.7 Å². The predicted molar refractivity (Wildman–Crippen MR) is 96.6 cm³/mol. The fraction of sp³-hybridized carbons (Fsp3) is 0.500. The second kappa shape index (κ2) is 7.72. The molecule has 6 nitrogen and oxygen atoms in total. The summed E-state index contributed by atoms with van der Waals surface area (Å²) in [7, 11) is 0. The number of nitrogens with two attached hydrogens (primary N) is 1. The number of hydrogen-bond acceptors (Lipinski definition) is 5. The lowest BCUT2D eigenvalue weighted by Gasteiger charge is -2.31. The summed E-state index contributed by atoms with van der Waals surface area (Å²) >= 11 is 6.24. The molecule has 0 radical (unpaired) electrons. The van der Waals surface area contributed by atoms with Crippen LogP contribution >= 0.6 is 11.6 Å². The van der Waals surface area contributed by atoms with Gasteiger partial charge in [-0.3, -0.25) is 4.79 Å². The molecule has 3 rings (SSSR count). The number of carbonyl (C=O) groups is 1. The molecule has 1 aliphatic rings. The van der Waals surface area contributed by atoms with E-state index in [1.165, 1.54) is 0 Å². The van der Waals surface area contributed by atoms with Crippen molar-refractivity contribution in [3.8, 4) is 11.4 Å². The summed E-state index contributed by atoms with van der Waals surface area (Å²) in [6.45, 7) is 4.47. The van der Waals surface area contributed by atoms with Crippen LogP contribution in [0.25, 0.3) is 11.4 Å². The summed E-state index contributed by atoms with van der Waals surface area (Å²) in [5.41, 5.74) is 7.80. The van der Waals surface area contributed by atoms with E-state index in [2.05, 4.69) is 10.1 Å². The van der Waals surface area contributed by atoms with Crippen LogP contribution in [-0.4, -0.2) is 46.3 Å². The van der Waals surface area contributed by atoms with Crippen LogP contribution in [-0.2, 0) is 4.79 Å². The van der Waals surface area contributed by atoms with Crippen LogP contribution in [0.2, 0.25) is 5.02 Å². The lowest BCUT2D eigenvalue weighted by Crippen LogP contribution is -2.49. The Balaban J connectivity index is 1.72. The molecule has 1 saturated heterocycles. The summed E-state index contributed by atoms with van der Waals surface area (Å²) in [4.78, 5) is 18.5. The third kappa shape index (κ3) is 3.88. The lowest BCUT2D eigenvalue weighted by molar-refractivity contribution is -0.134. The summed E-state index contributed by atoms with van der Waals surface area (Å²) < 4.78 is 18.6. The second-order valence-corrected chi connectivity index (χ2v) is 7.16. The Bertz CT molecular complexity index is 789. The van der Waals surface area contributed by atoms with Crippen molar-refractivity contribution in [2.24, 2.45) is 5.73 Å². The predicted octanol–water partition coefficient (Wildman–Crippen LogP) is 3.09. The van der Waals surface area contributed by atoms with E-state index < -0.39 is 18.1 Å². The number of amides is 1. The molecule has 0 spiro atoms. The first-order chi connectivity index (χ1) is 12.4. The van der Waals surface area contributed by atoms with Gasteiger partial charge in [-0.2, -0.15) is 4.98 Å². The molecule has 8 heteroatoms. The highest BCUT2D eigenvalue weighted by atomic mass is 35.5. The molecule has 26 heavy (non-hydrogen) atoms. The molecule has 1 aliphatic heterocycles. The number of benzene rings is 1. The van der Waals surface area contributed by atoms with Crippen molar-refractivity contribution in [3.63, 3.8) is 0 Å². The standard InChI is InChI=1S/C18H22ClFN4O2/c1-10-3-4-13(14(19)9-10)16-22-17(26-23-16)11(2)15(21)18(25)24-7-5-12(20)6-8-24/h3-4,9,11-12,15H,5-8,21H2,1-2H3/t11-,15-/m0/s1. The number of likely N-dealkylation sites (tertiary alicyclic amines) is 1. The van der Waals surface area contributed by atoms with Gasteiger partial charge in [-0.15, -0.1) is 0 Å². The van der Waals surface area contributed by atoms with E-state index in [0.717, 1.165) is 5.56 Å². The zero-order valence-electron chi connectivity index (χ0n) is 14.8. The molecule has 140 valence electrons. The summed E-state index contributed by atoms with van der Waals surface area (Å²) in [6.07, 6.45) is -0.141. The summed E-state index contributed by atoms with van der Waals surface area (Å²) in [5, 5.41) is 4.49.